The van der Waals surface area contributed by atoms with E-state index in [0.29, 0.717) is 5.56 Å². The molecule has 0 bridgehead atoms. The number of hydrogen-bond donors (Lipinski definition) is 0. The zero-order valence-electron chi connectivity index (χ0n) is 27.6. The third-order valence-corrected chi connectivity index (χ3v) is 10.3. The van der Waals surface area contributed by atoms with Crippen molar-refractivity contribution in [1.82, 2.24) is 9.55 Å². The third-order valence-electron chi connectivity index (χ3n) is 10.3. The van der Waals surface area contributed by atoms with Gasteiger partial charge in [-0.05, 0) is 103 Å². The molecule has 3 nitrogen and oxygen atoms in total. The van der Waals surface area contributed by atoms with Crippen LogP contribution in [0.15, 0.2) is 176 Å². The van der Waals surface area contributed by atoms with Crippen LogP contribution < -0.4 is 0 Å². The Hall–Kier alpha value is -7.02. The van der Waals surface area contributed by atoms with Gasteiger partial charge in [0.2, 0.25) is 0 Å². The molecular weight excluding hydrogens is 619 g/mol. The van der Waals surface area contributed by atoms with E-state index >= 15 is 0 Å². The van der Waals surface area contributed by atoms with Gasteiger partial charge in [-0.15, -0.1) is 0 Å². The fourth-order valence-electron chi connectivity index (χ4n) is 8.07. The molecule has 51 heavy (non-hydrogen) atoms. The lowest BCUT2D eigenvalue weighted by Gasteiger charge is -2.20. The first kappa shape index (κ1) is 28.9. The first-order valence-corrected chi connectivity index (χ1v) is 17.2. The van der Waals surface area contributed by atoms with Gasteiger partial charge in [-0.1, -0.05) is 127 Å². The molecular formula is C48H29N3. The highest BCUT2D eigenvalue weighted by molar-refractivity contribution is 6.24. The van der Waals surface area contributed by atoms with Gasteiger partial charge in [0.1, 0.15) is 5.65 Å². The Bertz CT molecular complexity index is 2980. The molecule has 2 aromatic heterocycles. The normalized spacial score (nSPS) is 11.5. The van der Waals surface area contributed by atoms with Crippen molar-refractivity contribution in [1.29, 1.82) is 5.26 Å². The fraction of sp³-hybridized carbons (Fsp3) is 0. The van der Waals surface area contributed by atoms with Gasteiger partial charge in [0.05, 0.1) is 22.8 Å². The number of fused-ring (bicyclic) bond motifs is 6. The fourth-order valence-corrected chi connectivity index (χ4v) is 8.07. The minimum absolute atomic E-state index is 0.639. The minimum atomic E-state index is 0.639. The summed E-state index contributed by atoms with van der Waals surface area (Å²) in [5.74, 6) is 0. The predicted octanol–water partition coefficient (Wildman–Crippen LogP) is 12.5. The summed E-state index contributed by atoms with van der Waals surface area (Å²) in [6, 6.07) is 62.7. The van der Waals surface area contributed by atoms with E-state index in [9.17, 15) is 5.26 Å². The summed E-state index contributed by atoms with van der Waals surface area (Å²) in [6.07, 6.45) is 1.84. The van der Waals surface area contributed by atoms with Gasteiger partial charge in [-0.3, -0.25) is 4.57 Å². The lowest BCUT2D eigenvalue weighted by atomic mass is 9.84. The number of benzene rings is 8. The Labute approximate surface area is 294 Å². The van der Waals surface area contributed by atoms with Crippen LogP contribution in [0.1, 0.15) is 5.56 Å². The van der Waals surface area contributed by atoms with E-state index in [1.807, 2.05) is 30.5 Å². The van der Waals surface area contributed by atoms with E-state index in [1.165, 1.54) is 60.3 Å². The maximum absolute atomic E-state index is 9.69. The molecule has 0 saturated carbocycles. The van der Waals surface area contributed by atoms with Crippen molar-refractivity contribution in [3.05, 3.63) is 182 Å². The van der Waals surface area contributed by atoms with Crippen LogP contribution in [0.5, 0.6) is 0 Å². The molecule has 236 valence electrons. The van der Waals surface area contributed by atoms with Gasteiger partial charge in [-0.2, -0.15) is 5.26 Å². The maximum atomic E-state index is 9.69. The highest BCUT2D eigenvalue weighted by Gasteiger charge is 2.21. The third kappa shape index (κ3) is 4.48. The molecule has 0 aliphatic carbocycles. The van der Waals surface area contributed by atoms with E-state index in [4.69, 9.17) is 4.98 Å². The Morgan fingerprint density at radius 3 is 1.76 bits per heavy atom. The first-order valence-electron chi connectivity index (χ1n) is 17.2. The molecule has 0 aliphatic rings. The maximum Gasteiger partial charge on any atom is 0.145 e. The van der Waals surface area contributed by atoms with Gasteiger partial charge in [0.15, 0.2) is 0 Å². The van der Waals surface area contributed by atoms with Crippen LogP contribution in [-0.4, -0.2) is 9.55 Å². The van der Waals surface area contributed by atoms with Crippen molar-refractivity contribution in [3.63, 3.8) is 0 Å². The van der Waals surface area contributed by atoms with E-state index in [1.54, 1.807) is 0 Å². The lowest BCUT2D eigenvalue weighted by molar-refractivity contribution is 1.15. The van der Waals surface area contributed by atoms with Gasteiger partial charge in [-0.25, -0.2) is 4.98 Å². The molecule has 2 heterocycles. The number of nitriles is 1. The van der Waals surface area contributed by atoms with Crippen LogP contribution in [-0.2, 0) is 0 Å². The van der Waals surface area contributed by atoms with Crippen molar-refractivity contribution in [3.8, 4) is 45.1 Å². The standard InChI is InChI=1S/C48H29N3/c49-30-31-23-25-45-43(28-31)42-22-11-27-50-48(42)51(45)44-26-24-41(35-16-4-5-17-36(35)44)47-39-20-8-6-18-37(39)46(38-19-7-9-21-40(38)47)34-15-10-14-33(29-34)32-12-2-1-3-13-32/h1-29H. The van der Waals surface area contributed by atoms with Gasteiger partial charge < -0.3 is 0 Å². The molecule has 0 saturated heterocycles. The smallest absolute Gasteiger partial charge is 0.145 e. The summed E-state index contributed by atoms with van der Waals surface area (Å²) < 4.78 is 2.25. The van der Waals surface area contributed by atoms with Gasteiger partial charge in [0.25, 0.3) is 0 Å². The topological polar surface area (TPSA) is 41.6 Å². The molecule has 0 radical (unpaired) electrons. The second-order valence-electron chi connectivity index (χ2n) is 13.0. The zero-order chi connectivity index (χ0) is 33.9. The van der Waals surface area contributed by atoms with Crippen LogP contribution in [0.2, 0.25) is 0 Å². The van der Waals surface area contributed by atoms with Crippen molar-refractivity contribution < 1.29 is 0 Å². The van der Waals surface area contributed by atoms with Crippen LogP contribution in [0.25, 0.3) is 93.3 Å². The molecule has 8 aromatic carbocycles. The minimum Gasteiger partial charge on any atom is -0.293 e. The molecule has 0 fully saturated rings. The summed E-state index contributed by atoms with van der Waals surface area (Å²) in [4.78, 5) is 4.86. The molecule has 0 unspecified atom stereocenters. The second kappa shape index (κ2) is 11.6. The SMILES string of the molecule is N#Cc1ccc2c(c1)c1cccnc1n2-c1ccc(-c2c3ccccc3c(-c3cccc(-c4ccccc4)c3)c3ccccc23)c2ccccc12. The highest BCUT2D eigenvalue weighted by atomic mass is 15.0. The zero-order valence-corrected chi connectivity index (χ0v) is 27.6. The summed E-state index contributed by atoms with van der Waals surface area (Å²) >= 11 is 0. The Morgan fingerprint density at radius 2 is 1.04 bits per heavy atom. The molecule has 0 spiro atoms. The molecule has 10 aromatic rings. The molecule has 0 aliphatic heterocycles. The van der Waals surface area contributed by atoms with E-state index in [-0.39, 0.29) is 0 Å². The largest absolute Gasteiger partial charge is 0.293 e. The number of hydrogen-bond acceptors (Lipinski definition) is 2. The molecule has 0 amide bonds. The van der Waals surface area contributed by atoms with Crippen LogP contribution in [0.4, 0.5) is 0 Å². The average Bonchev–Trinajstić information content (AvgIpc) is 3.53. The molecule has 0 N–H and O–H groups in total. The quantitative estimate of drug-likeness (QED) is 0.178. The van der Waals surface area contributed by atoms with E-state index in [2.05, 4.69) is 156 Å². The van der Waals surface area contributed by atoms with E-state index in [0.717, 1.165) is 33.0 Å². The van der Waals surface area contributed by atoms with Crippen molar-refractivity contribution in [2.75, 3.05) is 0 Å². The summed E-state index contributed by atoms with van der Waals surface area (Å²) in [6.45, 7) is 0. The summed E-state index contributed by atoms with van der Waals surface area (Å²) in [5.41, 5.74) is 10.9. The predicted molar refractivity (Wildman–Crippen MR) is 212 cm³/mol. The van der Waals surface area contributed by atoms with Gasteiger partial charge >= 0.3 is 0 Å². The monoisotopic (exact) mass is 647 g/mol. The Balaban J connectivity index is 1.26. The average molecular weight is 648 g/mol. The number of rotatable bonds is 4. The van der Waals surface area contributed by atoms with Crippen LogP contribution in [0.3, 0.4) is 0 Å². The number of nitrogens with zero attached hydrogens (tertiary/aromatic N) is 3. The van der Waals surface area contributed by atoms with Crippen LogP contribution in [0, 0.1) is 11.3 Å². The number of aromatic nitrogens is 2. The van der Waals surface area contributed by atoms with E-state index < -0.39 is 0 Å². The highest BCUT2D eigenvalue weighted by Crippen LogP contribution is 2.46. The van der Waals surface area contributed by atoms with Crippen molar-refractivity contribution in [2.45, 2.75) is 0 Å². The molecule has 0 atom stereocenters. The lowest BCUT2D eigenvalue weighted by Crippen LogP contribution is -1.98. The first-order chi connectivity index (χ1) is 25.3. The van der Waals surface area contributed by atoms with Crippen molar-refractivity contribution in [2.24, 2.45) is 0 Å². The summed E-state index contributed by atoms with van der Waals surface area (Å²) in [5, 5.41) is 18.9. The molecule has 3 heteroatoms. The second-order valence-corrected chi connectivity index (χ2v) is 13.0. The van der Waals surface area contributed by atoms with Crippen LogP contribution >= 0.6 is 0 Å². The summed E-state index contributed by atoms with van der Waals surface area (Å²) in [7, 11) is 0. The number of pyridine rings is 1. The Morgan fingerprint density at radius 1 is 0.431 bits per heavy atom. The Kier molecular flexibility index (Phi) is 6.56. The van der Waals surface area contributed by atoms with Gasteiger partial charge in [0, 0.05) is 22.4 Å². The molecule has 10 rings (SSSR count). The van der Waals surface area contributed by atoms with Crippen molar-refractivity contribution >= 4 is 54.3 Å².